The summed E-state index contributed by atoms with van der Waals surface area (Å²) < 4.78 is 14.4. The highest BCUT2D eigenvalue weighted by molar-refractivity contribution is 5.84. The summed E-state index contributed by atoms with van der Waals surface area (Å²) in [7, 11) is 0. The average molecular weight is 296 g/mol. The third-order valence-electron chi connectivity index (χ3n) is 2.23. The van der Waals surface area contributed by atoms with Gasteiger partial charge in [0.1, 0.15) is 19.8 Å². The minimum atomic E-state index is -0.959. The van der Waals surface area contributed by atoms with Gasteiger partial charge in [0.15, 0.2) is 0 Å². The monoisotopic (exact) mass is 296 g/mol. The van der Waals surface area contributed by atoms with Crippen LogP contribution >= 0.6 is 0 Å². The van der Waals surface area contributed by atoms with E-state index in [4.69, 9.17) is 14.2 Å². The van der Waals surface area contributed by atoms with E-state index in [1.165, 1.54) is 18.2 Å². The van der Waals surface area contributed by atoms with E-state index in [0.29, 0.717) is 0 Å². The molecule has 0 aromatic rings. The molecule has 0 saturated carbocycles. The topological polar surface area (TPSA) is 78.9 Å². The van der Waals surface area contributed by atoms with Crippen molar-refractivity contribution in [1.82, 2.24) is 0 Å². The van der Waals surface area contributed by atoms with Crippen LogP contribution in [0.15, 0.2) is 38.0 Å². The van der Waals surface area contributed by atoms with Crippen LogP contribution in [0.25, 0.3) is 0 Å². The molecule has 0 unspecified atom stereocenters. The lowest BCUT2D eigenvalue weighted by molar-refractivity contribution is -0.158. The van der Waals surface area contributed by atoms with E-state index >= 15 is 0 Å². The van der Waals surface area contributed by atoms with Crippen LogP contribution in [0, 0.1) is 5.92 Å². The Hall–Kier alpha value is -2.37. The van der Waals surface area contributed by atoms with Gasteiger partial charge in [-0.3, -0.25) is 14.4 Å². The highest BCUT2D eigenvalue weighted by atomic mass is 16.5. The molecule has 116 valence electrons. The van der Waals surface area contributed by atoms with E-state index in [9.17, 15) is 14.4 Å². The van der Waals surface area contributed by atoms with Gasteiger partial charge in [-0.25, -0.2) is 0 Å². The summed E-state index contributed by atoms with van der Waals surface area (Å²) in [5.41, 5.74) is 0. The van der Waals surface area contributed by atoms with Crippen LogP contribution in [-0.2, 0) is 28.6 Å². The largest absolute Gasteiger partial charge is 0.461 e. The molecule has 0 N–H and O–H groups in total. The standard InChI is InChI=1S/C15H20O6/c1-4-7-19-13(16)10-12(15(18)21-9-6-3)11-14(17)20-8-5-2/h4-6,12H,1-3,7-11H2. The number of ether oxygens (including phenoxy) is 3. The number of carbonyl (C=O) groups excluding carboxylic acids is 3. The van der Waals surface area contributed by atoms with Gasteiger partial charge in [-0.1, -0.05) is 38.0 Å². The molecule has 6 nitrogen and oxygen atoms in total. The summed E-state index contributed by atoms with van der Waals surface area (Å²) in [4.78, 5) is 34.8. The lowest BCUT2D eigenvalue weighted by Crippen LogP contribution is -2.25. The predicted molar refractivity (Wildman–Crippen MR) is 76.2 cm³/mol. The van der Waals surface area contributed by atoms with Crippen LogP contribution in [-0.4, -0.2) is 37.7 Å². The van der Waals surface area contributed by atoms with E-state index in [2.05, 4.69) is 19.7 Å². The van der Waals surface area contributed by atoms with Gasteiger partial charge < -0.3 is 14.2 Å². The zero-order valence-electron chi connectivity index (χ0n) is 11.9. The predicted octanol–water partition coefficient (Wildman–Crippen LogP) is 1.57. The molecule has 0 heterocycles. The number of hydrogen-bond donors (Lipinski definition) is 0. The van der Waals surface area contributed by atoms with Crippen LogP contribution in [0.1, 0.15) is 12.8 Å². The molecule has 0 amide bonds. The fraction of sp³-hybridized carbons (Fsp3) is 0.400. The van der Waals surface area contributed by atoms with Crippen molar-refractivity contribution in [2.75, 3.05) is 19.8 Å². The van der Waals surface area contributed by atoms with E-state index in [1.807, 2.05) is 0 Å². The van der Waals surface area contributed by atoms with Crippen molar-refractivity contribution in [3.8, 4) is 0 Å². The molecule has 0 aliphatic heterocycles. The van der Waals surface area contributed by atoms with Crippen LogP contribution in [0.4, 0.5) is 0 Å². The second-order valence-corrected chi connectivity index (χ2v) is 3.97. The number of carbonyl (C=O) groups is 3. The molecular formula is C15H20O6. The molecule has 0 radical (unpaired) electrons. The van der Waals surface area contributed by atoms with Gasteiger partial charge in [0, 0.05) is 0 Å². The maximum Gasteiger partial charge on any atom is 0.310 e. The molecule has 0 saturated heterocycles. The molecule has 0 fully saturated rings. The third-order valence-corrected chi connectivity index (χ3v) is 2.23. The molecule has 0 rings (SSSR count). The molecule has 0 aliphatic rings. The normalized spacial score (nSPS) is 9.57. The summed E-state index contributed by atoms with van der Waals surface area (Å²) >= 11 is 0. The SMILES string of the molecule is C=CCOC(=O)CC(CC(=O)OCC=C)C(=O)OCC=C. The first-order valence-corrected chi connectivity index (χ1v) is 6.35. The van der Waals surface area contributed by atoms with Gasteiger partial charge in [0.05, 0.1) is 18.8 Å². The lowest BCUT2D eigenvalue weighted by atomic mass is 10.0. The molecule has 0 aliphatic carbocycles. The Bertz CT molecular complexity index is 373. The number of rotatable bonds is 11. The van der Waals surface area contributed by atoms with Crippen molar-refractivity contribution < 1.29 is 28.6 Å². The van der Waals surface area contributed by atoms with E-state index in [-0.39, 0.29) is 32.7 Å². The van der Waals surface area contributed by atoms with Gasteiger partial charge in [-0.15, -0.1) is 0 Å². The quantitative estimate of drug-likeness (QED) is 0.327. The first-order valence-electron chi connectivity index (χ1n) is 6.35. The summed E-state index contributed by atoms with van der Waals surface area (Å²) in [6.45, 7) is 10.3. The van der Waals surface area contributed by atoms with Crippen molar-refractivity contribution in [2.24, 2.45) is 5.92 Å². The average Bonchev–Trinajstić information content (AvgIpc) is 2.47. The molecule has 0 aromatic heterocycles. The smallest absolute Gasteiger partial charge is 0.310 e. The second-order valence-electron chi connectivity index (χ2n) is 3.97. The van der Waals surface area contributed by atoms with Crippen LogP contribution < -0.4 is 0 Å². The molecule has 0 bridgehead atoms. The van der Waals surface area contributed by atoms with Crippen molar-refractivity contribution >= 4 is 17.9 Å². The van der Waals surface area contributed by atoms with Gasteiger partial charge in [-0.05, 0) is 0 Å². The van der Waals surface area contributed by atoms with Crippen molar-refractivity contribution in [3.05, 3.63) is 38.0 Å². The van der Waals surface area contributed by atoms with E-state index in [0.717, 1.165) is 0 Å². The summed E-state index contributed by atoms with van der Waals surface area (Å²) in [6.07, 6.45) is 3.66. The third kappa shape index (κ3) is 9.21. The fourth-order valence-electron chi connectivity index (χ4n) is 1.32. The molecule has 21 heavy (non-hydrogen) atoms. The molecule has 6 heteroatoms. The van der Waals surface area contributed by atoms with Crippen molar-refractivity contribution in [2.45, 2.75) is 12.8 Å². The summed E-state index contributed by atoms with van der Waals surface area (Å²) in [5.74, 6) is -2.88. The van der Waals surface area contributed by atoms with Gasteiger partial charge in [0.25, 0.3) is 0 Å². The number of esters is 3. The minimum Gasteiger partial charge on any atom is -0.461 e. The zero-order chi connectivity index (χ0) is 16.1. The van der Waals surface area contributed by atoms with Crippen LogP contribution in [0.5, 0.6) is 0 Å². The molecular weight excluding hydrogens is 276 g/mol. The fourth-order valence-corrected chi connectivity index (χ4v) is 1.32. The highest BCUT2D eigenvalue weighted by Gasteiger charge is 2.27. The van der Waals surface area contributed by atoms with Crippen molar-refractivity contribution in [3.63, 3.8) is 0 Å². The first-order chi connectivity index (χ1) is 10.0. The Balaban J connectivity index is 4.58. The lowest BCUT2D eigenvalue weighted by Gasteiger charge is -2.14. The summed E-state index contributed by atoms with van der Waals surface area (Å²) in [6, 6.07) is 0. The minimum absolute atomic E-state index is 0.00125. The van der Waals surface area contributed by atoms with E-state index in [1.54, 1.807) is 0 Å². The zero-order valence-corrected chi connectivity index (χ0v) is 11.9. The maximum absolute atomic E-state index is 11.8. The molecule has 0 aromatic carbocycles. The molecule has 0 spiro atoms. The second kappa shape index (κ2) is 11.5. The van der Waals surface area contributed by atoms with Crippen molar-refractivity contribution in [1.29, 1.82) is 0 Å². The van der Waals surface area contributed by atoms with Crippen LogP contribution in [0.3, 0.4) is 0 Å². The Morgan fingerprint density at radius 1 is 0.762 bits per heavy atom. The van der Waals surface area contributed by atoms with E-state index < -0.39 is 23.8 Å². The molecule has 0 atom stereocenters. The van der Waals surface area contributed by atoms with Crippen LogP contribution in [0.2, 0.25) is 0 Å². The summed E-state index contributed by atoms with van der Waals surface area (Å²) in [5, 5.41) is 0. The van der Waals surface area contributed by atoms with Gasteiger partial charge >= 0.3 is 17.9 Å². The Morgan fingerprint density at radius 3 is 1.52 bits per heavy atom. The highest BCUT2D eigenvalue weighted by Crippen LogP contribution is 2.13. The van der Waals surface area contributed by atoms with Gasteiger partial charge in [0.2, 0.25) is 0 Å². The maximum atomic E-state index is 11.8. The number of hydrogen-bond acceptors (Lipinski definition) is 6. The first kappa shape index (κ1) is 18.6. The Morgan fingerprint density at radius 2 is 1.14 bits per heavy atom. The van der Waals surface area contributed by atoms with Gasteiger partial charge in [-0.2, -0.15) is 0 Å². The Kier molecular flexibility index (Phi) is 10.2. The Labute approximate surface area is 124 Å².